The maximum atomic E-state index is 5.56. The maximum Gasteiger partial charge on any atom is 0.299 e. The molecule has 1 aromatic carbocycles. The van der Waals surface area contributed by atoms with E-state index in [0.29, 0.717) is 24.1 Å². The van der Waals surface area contributed by atoms with Gasteiger partial charge in [-0.2, -0.15) is 0 Å². The van der Waals surface area contributed by atoms with Crippen LogP contribution in [0.4, 0.5) is 0 Å². The van der Waals surface area contributed by atoms with Crippen LogP contribution in [0, 0.1) is 0 Å². The molecule has 2 rings (SSSR count). The van der Waals surface area contributed by atoms with Gasteiger partial charge < -0.3 is 15.2 Å². The van der Waals surface area contributed by atoms with Crippen LogP contribution in [0.5, 0.6) is 16.7 Å². The predicted molar refractivity (Wildman–Crippen MR) is 65.5 cm³/mol. The molecule has 0 radical (unpaired) electrons. The van der Waals surface area contributed by atoms with Gasteiger partial charge in [0.1, 0.15) is 16.5 Å². The van der Waals surface area contributed by atoms with Crippen molar-refractivity contribution in [3.63, 3.8) is 0 Å². The Hall–Kier alpha value is -1.66. The van der Waals surface area contributed by atoms with E-state index in [9.17, 15) is 0 Å². The third-order valence-electron chi connectivity index (χ3n) is 1.94. The van der Waals surface area contributed by atoms with E-state index in [1.165, 1.54) is 11.3 Å². The molecule has 0 bridgehead atoms. The predicted octanol–water partition coefficient (Wildman–Crippen LogP) is 2.19. The molecule has 0 aliphatic heterocycles. The summed E-state index contributed by atoms with van der Waals surface area (Å²) in [5, 5.41) is 9.00. The average molecular weight is 251 g/mol. The van der Waals surface area contributed by atoms with Gasteiger partial charge in [0.15, 0.2) is 0 Å². The lowest BCUT2D eigenvalue weighted by molar-refractivity contribution is 0.338. The van der Waals surface area contributed by atoms with Crippen LogP contribution >= 0.6 is 11.3 Å². The minimum Gasteiger partial charge on any atom is -0.494 e. The summed E-state index contributed by atoms with van der Waals surface area (Å²) < 4.78 is 10.9. The van der Waals surface area contributed by atoms with Crippen molar-refractivity contribution in [1.82, 2.24) is 10.2 Å². The Morgan fingerprint density at radius 2 is 2.12 bits per heavy atom. The lowest BCUT2D eigenvalue weighted by atomic mass is 10.3. The SMILES string of the molecule is CCOc1cccc(Oc2nnc(CN)s2)c1. The molecule has 6 heteroatoms. The Kier molecular flexibility index (Phi) is 3.89. The first kappa shape index (κ1) is 11.8. The number of hydrogen-bond acceptors (Lipinski definition) is 6. The van der Waals surface area contributed by atoms with Crippen LogP contribution in [0.15, 0.2) is 24.3 Å². The van der Waals surface area contributed by atoms with Crippen molar-refractivity contribution in [1.29, 1.82) is 0 Å². The number of rotatable bonds is 5. The largest absolute Gasteiger partial charge is 0.494 e. The molecular weight excluding hydrogens is 238 g/mol. The molecule has 17 heavy (non-hydrogen) atoms. The lowest BCUT2D eigenvalue weighted by Crippen LogP contribution is -1.94. The van der Waals surface area contributed by atoms with Crippen LogP contribution in [0.25, 0.3) is 0 Å². The van der Waals surface area contributed by atoms with Crippen molar-refractivity contribution in [3.8, 4) is 16.7 Å². The Balaban J connectivity index is 2.09. The quantitative estimate of drug-likeness (QED) is 0.882. The topological polar surface area (TPSA) is 70.3 Å². The van der Waals surface area contributed by atoms with E-state index in [0.717, 1.165) is 10.8 Å². The zero-order valence-corrected chi connectivity index (χ0v) is 10.2. The molecule has 0 unspecified atom stereocenters. The first-order valence-corrected chi connectivity index (χ1v) is 6.06. The maximum absolute atomic E-state index is 5.56. The number of benzene rings is 1. The Morgan fingerprint density at radius 3 is 2.82 bits per heavy atom. The van der Waals surface area contributed by atoms with Crippen LogP contribution in [-0.2, 0) is 6.54 Å². The van der Waals surface area contributed by atoms with E-state index in [4.69, 9.17) is 15.2 Å². The standard InChI is InChI=1S/C11H13N3O2S/c1-2-15-8-4-3-5-9(6-8)16-11-14-13-10(7-12)17-11/h3-6H,2,7,12H2,1H3. The minimum absolute atomic E-state index is 0.375. The highest BCUT2D eigenvalue weighted by Crippen LogP contribution is 2.27. The zero-order valence-electron chi connectivity index (χ0n) is 9.42. The Labute approximate surface area is 103 Å². The molecule has 2 N–H and O–H groups in total. The van der Waals surface area contributed by atoms with Crippen LogP contribution in [0.2, 0.25) is 0 Å². The third kappa shape index (κ3) is 3.15. The smallest absolute Gasteiger partial charge is 0.299 e. The summed E-state index contributed by atoms with van der Waals surface area (Å²) in [5.41, 5.74) is 5.45. The second-order valence-electron chi connectivity index (χ2n) is 3.18. The van der Waals surface area contributed by atoms with Gasteiger partial charge in [-0.3, -0.25) is 0 Å². The average Bonchev–Trinajstić information content (AvgIpc) is 2.78. The van der Waals surface area contributed by atoms with Gasteiger partial charge in [-0.05, 0) is 19.1 Å². The van der Waals surface area contributed by atoms with Gasteiger partial charge in [-0.1, -0.05) is 22.5 Å². The molecule has 5 nitrogen and oxygen atoms in total. The third-order valence-corrected chi connectivity index (χ3v) is 2.77. The molecule has 0 amide bonds. The van der Waals surface area contributed by atoms with Crippen LogP contribution < -0.4 is 15.2 Å². The number of nitrogens with two attached hydrogens (primary N) is 1. The highest BCUT2D eigenvalue weighted by Gasteiger charge is 2.05. The van der Waals surface area contributed by atoms with Gasteiger partial charge in [0.05, 0.1) is 6.61 Å². The second-order valence-corrected chi connectivity index (χ2v) is 4.20. The zero-order chi connectivity index (χ0) is 12.1. The van der Waals surface area contributed by atoms with Crippen molar-refractivity contribution in [2.24, 2.45) is 5.73 Å². The molecule has 0 atom stereocenters. The molecule has 0 aliphatic carbocycles. The van der Waals surface area contributed by atoms with E-state index in [1.54, 1.807) is 0 Å². The molecule has 0 saturated heterocycles. The van der Waals surface area contributed by atoms with Gasteiger partial charge in [0, 0.05) is 12.6 Å². The summed E-state index contributed by atoms with van der Waals surface area (Å²) in [4.78, 5) is 0. The lowest BCUT2D eigenvalue weighted by Gasteiger charge is -2.05. The highest BCUT2D eigenvalue weighted by molar-refractivity contribution is 7.13. The fourth-order valence-electron chi connectivity index (χ4n) is 1.26. The first-order chi connectivity index (χ1) is 8.31. The van der Waals surface area contributed by atoms with Crippen LogP contribution in [-0.4, -0.2) is 16.8 Å². The van der Waals surface area contributed by atoms with E-state index in [-0.39, 0.29) is 0 Å². The van der Waals surface area contributed by atoms with Crippen molar-refractivity contribution >= 4 is 11.3 Å². The van der Waals surface area contributed by atoms with Gasteiger partial charge in [0.25, 0.3) is 5.19 Å². The number of aromatic nitrogens is 2. The molecule has 0 fully saturated rings. The van der Waals surface area contributed by atoms with Crippen molar-refractivity contribution < 1.29 is 9.47 Å². The molecular formula is C11H13N3O2S. The summed E-state index contributed by atoms with van der Waals surface area (Å²) in [6.45, 7) is 2.94. The number of nitrogens with zero attached hydrogens (tertiary/aromatic N) is 2. The monoisotopic (exact) mass is 251 g/mol. The van der Waals surface area contributed by atoms with E-state index in [1.807, 2.05) is 31.2 Å². The summed E-state index contributed by atoms with van der Waals surface area (Å²) >= 11 is 1.34. The summed E-state index contributed by atoms with van der Waals surface area (Å²) in [7, 11) is 0. The van der Waals surface area contributed by atoms with Crippen LogP contribution in [0.3, 0.4) is 0 Å². The van der Waals surface area contributed by atoms with E-state index < -0.39 is 0 Å². The van der Waals surface area contributed by atoms with Gasteiger partial charge in [0.2, 0.25) is 0 Å². The normalized spacial score (nSPS) is 10.2. The second kappa shape index (κ2) is 5.60. The van der Waals surface area contributed by atoms with E-state index in [2.05, 4.69) is 10.2 Å². The number of ether oxygens (including phenoxy) is 2. The summed E-state index contributed by atoms with van der Waals surface area (Å²) in [6, 6.07) is 7.39. The van der Waals surface area contributed by atoms with E-state index >= 15 is 0 Å². The summed E-state index contributed by atoms with van der Waals surface area (Å²) in [6.07, 6.45) is 0. The molecule has 2 aromatic rings. The molecule has 1 aromatic heterocycles. The van der Waals surface area contributed by atoms with Crippen molar-refractivity contribution in [3.05, 3.63) is 29.3 Å². The molecule has 0 saturated carbocycles. The highest BCUT2D eigenvalue weighted by atomic mass is 32.1. The van der Waals surface area contributed by atoms with Gasteiger partial charge in [-0.15, -0.1) is 5.10 Å². The molecule has 1 heterocycles. The van der Waals surface area contributed by atoms with Crippen molar-refractivity contribution in [2.45, 2.75) is 13.5 Å². The first-order valence-electron chi connectivity index (χ1n) is 5.25. The fourth-order valence-corrected chi connectivity index (χ4v) is 1.84. The van der Waals surface area contributed by atoms with Crippen LogP contribution in [0.1, 0.15) is 11.9 Å². The fraction of sp³-hybridized carbons (Fsp3) is 0.273. The minimum atomic E-state index is 0.375. The molecule has 0 spiro atoms. The number of hydrogen-bond donors (Lipinski definition) is 1. The van der Waals surface area contributed by atoms with Gasteiger partial charge >= 0.3 is 0 Å². The van der Waals surface area contributed by atoms with Crippen molar-refractivity contribution in [2.75, 3.05) is 6.61 Å². The molecule has 90 valence electrons. The Bertz CT molecular complexity index is 487. The summed E-state index contributed by atoms with van der Waals surface area (Å²) in [5.74, 6) is 1.45. The Morgan fingerprint density at radius 1 is 1.29 bits per heavy atom. The van der Waals surface area contributed by atoms with Gasteiger partial charge in [-0.25, -0.2) is 0 Å². The molecule has 0 aliphatic rings.